The maximum atomic E-state index is 12.0. The average Bonchev–Trinajstić information content (AvgIpc) is 3.16. The van der Waals surface area contributed by atoms with Crippen LogP contribution in [0.15, 0.2) is 29.3 Å². The Kier molecular flexibility index (Phi) is 11.0. The summed E-state index contributed by atoms with van der Waals surface area (Å²) in [5.74, 6) is 0.740. The second-order valence-electron chi connectivity index (χ2n) is 8.73. The second kappa shape index (κ2) is 13.2. The second-order valence-corrected chi connectivity index (χ2v) is 8.73. The van der Waals surface area contributed by atoms with Gasteiger partial charge in [0, 0.05) is 39.8 Å². The van der Waals surface area contributed by atoms with E-state index in [1.165, 1.54) is 30.4 Å². The highest BCUT2D eigenvalue weighted by atomic mass is 127. The van der Waals surface area contributed by atoms with Gasteiger partial charge in [-0.25, -0.2) is 4.99 Å². The molecule has 1 atom stereocenters. The van der Waals surface area contributed by atoms with Gasteiger partial charge in [0.25, 0.3) is 0 Å². The van der Waals surface area contributed by atoms with Crippen molar-refractivity contribution in [1.29, 1.82) is 0 Å². The van der Waals surface area contributed by atoms with Gasteiger partial charge in [-0.15, -0.1) is 24.0 Å². The summed E-state index contributed by atoms with van der Waals surface area (Å²) in [6, 6.07) is 8.79. The molecule has 174 valence electrons. The molecule has 1 aromatic rings. The monoisotopic (exact) mass is 543 g/mol. The van der Waals surface area contributed by atoms with Gasteiger partial charge in [0.1, 0.15) is 0 Å². The molecule has 1 saturated heterocycles. The van der Waals surface area contributed by atoms with Crippen molar-refractivity contribution in [3.63, 3.8) is 0 Å². The number of hydrogen-bond acceptors (Lipinski definition) is 4. The average molecular weight is 543 g/mol. The largest absolute Gasteiger partial charge is 0.392 e. The molecule has 3 rings (SSSR count). The van der Waals surface area contributed by atoms with Crippen LogP contribution in [0.5, 0.6) is 0 Å². The molecule has 1 aliphatic heterocycles. The van der Waals surface area contributed by atoms with Crippen LogP contribution in [0.3, 0.4) is 0 Å². The van der Waals surface area contributed by atoms with Gasteiger partial charge in [-0.05, 0) is 30.4 Å². The molecule has 2 fully saturated rings. The minimum absolute atomic E-state index is 0. The van der Waals surface area contributed by atoms with Crippen molar-refractivity contribution < 1.29 is 9.90 Å². The van der Waals surface area contributed by atoms with E-state index < -0.39 is 0 Å². The highest BCUT2D eigenvalue weighted by molar-refractivity contribution is 14.0. The molecule has 0 bridgehead atoms. The number of nitrogens with zero attached hydrogens (tertiary/aromatic N) is 3. The van der Waals surface area contributed by atoms with E-state index in [0.717, 1.165) is 38.9 Å². The molecule has 0 aromatic heterocycles. The summed E-state index contributed by atoms with van der Waals surface area (Å²) in [7, 11) is 3.53. The van der Waals surface area contributed by atoms with Crippen LogP contribution in [0.1, 0.15) is 49.7 Å². The number of guanidine groups is 1. The minimum atomic E-state index is -0.208. The van der Waals surface area contributed by atoms with Crippen LogP contribution in [-0.2, 0) is 17.9 Å². The summed E-state index contributed by atoms with van der Waals surface area (Å²) in [6.07, 6.45) is 6.72. The zero-order valence-corrected chi connectivity index (χ0v) is 21.2. The van der Waals surface area contributed by atoms with Crippen molar-refractivity contribution in [2.75, 3.05) is 33.7 Å². The number of carbonyl (C=O) groups is 1. The zero-order valence-electron chi connectivity index (χ0n) is 18.8. The molecule has 31 heavy (non-hydrogen) atoms. The number of halogens is 1. The van der Waals surface area contributed by atoms with Gasteiger partial charge in [-0.1, -0.05) is 43.5 Å². The Balaban J connectivity index is 0.00000341. The maximum absolute atomic E-state index is 12.0. The number of likely N-dealkylation sites (N-methyl/N-ethyl adjacent to an activating group) is 1. The number of benzene rings is 1. The van der Waals surface area contributed by atoms with Crippen LogP contribution >= 0.6 is 24.0 Å². The summed E-state index contributed by atoms with van der Waals surface area (Å²) in [5, 5.41) is 16.6. The Morgan fingerprint density at radius 3 is 2.52 bits per heavy atom. The first-order valence-electron chi connectivity index (χ1n) is 11.2. The number of likely N-dealkylation sites (tertiary alicyclic amines) is 1. The van der Waals surface area contributed by atoms with Gasteiger partial charge >= 0.3 is 0 Å². The number of aliphatic imine (C=N–C) groups is 1. The molecule has 0 radical (unpaired) electrons. The van der Waals surface area contributed by atoms with Crippen LogP contribution in [0.25, 0.3) is 0 Å². The Bertz CT molecular complexity index is 722. The van der Waals surface area contributed by atoms with Crippen molar-refractivity contribution in [1.82, 2.24) is 20.4 Å². The first-order valence-corrected chi connectivity index (χ1v) is 11.2. The van der Waals surface area contributed by atoms with Crippen molar-refractivity contribution in [2.45, 2.75) is 63.8 Å². The van der Waals surface area contributed by atoms with Crippen LogP contribution in [0.2, 0.25) is 0 Å². The number of aliphatic hydroxyl groups excluding tert-OH is 1. The van der Waals surface area contributed by atoms with Crippen LogP contribution in [0, 0.1) is 0 Å². The zero-order chi connectivity index (χ0) is 21.3. The predicted molar refractivity (Wildman–Crippen MR) is 136 cm³/mol. The molecule has 1 amide bonds. The third-order valence-electron chi connectivity index (χ3n) is 6.02. The molecule has 1 aromatic carbocycles. The lowest BCUT2D eigenvalue weighted by Crippen LogP contribution is -2.47. The standard InChI is InChI=1S/C23H37N5O2.HI/c1-27(2)22(30)15-25-23(26-20-10-4-3-5-11-20)24-14-18-8-6-7-9-19(18)16-28-13-12-21(29)17-28;/h6-9,20-21,29H,3-5,10-17H2,1-2H3,(H2,24,25,26);1H. The van der Waals surface area contributed by atoms with Gasteiger partial charge in [0.2, 0.25) is 5.91 Å². The predicted octanol–water partition coefficient (Wildman–Crippen LogP) is 2.33. The van der Waals surface area contributed by atoms with Gasteiger partial charge in [-0.3, -0.25) is 9.69 Å². The molecule has 1 unspecified atom stereocenters. The topological polar surface area (TPSA) is 80.2 Å². The van der Waals surface area contributed by atoms with Gasteiger partial charge < -0.3 is 20.6 Å². The molecule has 8 heteroatoms. The number of amides is 1. The molecule has 1 saturated carbocycles. The lowest BCUT2D eigenvalue weighted by atomic mass is 9.96. The van der Waals surface area contributed by atoms with Crippen molar-refractivity contribution in [3.8, 4) is 0 Å². The maximum Gasteiger partial charge on any atom is 0.241 e. The highest BCUT2D eigenvalue weighted by Crippen LogP contribution is 2.18. The molecule has 3 N–H and O–H groups in total. The Morgan fingerprint density at radius 2 is 1.87 bits per heavy atom. The smallest absolute Gasteiger partial charge is 0.241 e. The first-order chi connectivity index (χ1) is 14.5. The molecular weight excluding hydrogens is 505 g/mol. The fourth-order valence-corrected chi connectivity index (χ4v) is 4.14. The molecule has 1 heterocycles. The number of rotatable bonds is 7. The summed E-state index contributed by atoms with van der Waals surface area (Å²) < 4.78 is 0. The van der Waals surface area contributed by atoms with E-state index in [1.54, 1.807) is 19.0 Å². The summed E-state index contributed by atoms with van der Waals surface area (Å²) >= 11 is 0. The number of nitrogens with one attached hydrogen (secondary N) is 2. The fourth-order valence-electron chi connectivity index (χ4n) is 4.14. The van der Waals surface area contributed by atoms with E-state index in [0.29, 0.717) is 18.5 Å². The van der Waals surface area contributed by atoms with E-state index in [-0.39, 0.29) is 42.5 Å². The fraction of sp³-hybridized carbons (Fsp3) is 0.652. The van der Waals surface area contributed by atoms with E-state index in [1.807, 2.05) is 6.07 Å². The molecule has 2 aliphatic rings. The van der Waals surface area contributed by atoms with E-state index in [2.05, 4.69) is 33.7 Å². The van der Waals surface area contributed by atoms with Crippen molar-refractivity contribution >= 4 is 35.8 Å². The van der Waals surface area contributed by atoms with Crippen molar-refractivity contribution in [2.24, 2.45) is 4.99 Å². The minimum Gasteiger partial charge on any atom is -0.392 e. The van der Waals surface area contributed by atoms with Crippen LogP contribution in [0.4, 0.5) is 0 Å². The van der Waals surface area contributed by atoms with E-state index in [4.69, 9.17) is 4.99 Å². The lowest BCUT2D eigenvalue weighted by Gasteiger charge is -2.25. The highest BCUT2D eigenvalue weighted by Gasteiger charge is 2.21. The first kappa shape index (κ1) is 25.9. The molecule has 7 nitrogen and oxygen atoms in total. The lowest BCUT2D eigenvalue weighted by molar-refractivity contribution is -0.127. The normalized spacial score (nSPS) is 20.2. The third kappa shape index (κ3) is 8.57. The SMILES string of the molecule is CN(C)C(=O)CNC(=NCc1ccccc1CN1CCC(O)C1)NC1CCCCC1.I. The number of hydrogen-bond donors (Lipinski definition) is 3. The summed E-state index contributed by atoms with van der Waals surface area (Å²) in [4.78, 5) is 20.8. The van der Waals surface area contributed by atoms with E-state index >= 15 is 0 Å². The Hall–Kier alpha value is -1.39. The molecule has 1 aliphatic carbocycles. The summed E-state index contributed by atoms with van der Waals surface area (Å²) in [6.45, 7) is 3.30. The third-order valence-corrected chi connectivity index (χ3v) is 6.02. The van der Waals surface area contributed by atoms with Gasteiger partial charge in [0.05, 0.1) is 19.2 Å². The Morgan fingerprint density at radius 1 is 1.16 bits per heavy atom. The Labute approximate surface area is 203 Å². The van der Waals surface area contributed by atoms with Crippen LogP contribution in [-0.4, -0.2) is 72.6 Å². The molecule has 0 spiro atoms. The van der Waals surface area contributed by atoms with Crippen LogP contribution < -0.4 is 10.6 Å². The van der Waals surface area contributed by atoms with Crippen molar-refractivity contribution in [3.05, 3.63) is 35.4 Å². The summed E-state index contributed by atoms with van der Waals surface area (Å²) in [5.41, 5.74) is 2.43. The van der Waals surface area contributed by atoms with Gasteiger partial charge in [0.15, 0.2) is 5.96 Å². The number of β-amino-alcohol motifs (C(OH)–C–C–N with tert-alkyl or cyclic N) is 1. The van der Waals surface area contributed by atoms with Gasteiger partial charge in [-0.2, -0.15) is 0 Å². The quantitative estimate of drug-likeness (QED) is 0.280. The molecular formula is C23H38IN5O2. The number of aliphatic hydroxyl groups is 1. The number of carbonyl (C=O) groups excluding carboxylic acids is 1. The van der Waals surface area contributed by atoms with E-state index in [9.17, 15) is 9.90 Å².